The molecule has 3 rings (SSSR count). The van der Waals surface area contributed by atoms with Gasteiger partial charge in [-0.25, -0.2) is 16.8 Å². The van der Waals surface area contributed by atoms with Crippen molar-refractivity contribution in [3.8, 4) is 0 Å². The maximum atomic E-state index is 9.68. The molecule has 37 heavy (non-hydrogen) atoms. The fraction of sp³-hybridized carbons (Fsp3) is 0.448. The van der Waals surface area contributed by atoms with Crippen LogP contribution in [0, 0.1) is 0 Å². The molecule has 218 valence electrons. The Labute approximate surface area is 229 Å². The molecule has 0 bridgehead atoms. The highest BCUT2D eigenvalue weighted by molar-refractivity contribution is 7.85. The number of rotatable bonds is 4. The molecule has 0 aliphatic heterocycles. The van der Waals surface area contributed by atoms with Crippen LogP contribution in [0.1, 0.15) is 76.7 Å². The van der Waals surface area contributed by atoms with E-state index in [9.17, 15) is 25.9 Å². The molecule has 0 radical (unpaired) electrons. The fourth-order valence-corrected chi connectivity index (χ4v) is 3.02. The molecule has 3 aromatic carbocycles. The van der Waals surface area contributed by atoms with Gasteiger partial charge in [0.1, 0.15) is 0 Å². The van der Waals surface area contributed by atoms with Crippen LogP contribution in [0.5, 0.6) is 0 Å². The van der Waals surface area contributed by atoms with Gasteiger partial charge in [-0.05, 0) is 23.6 Å². The Morgan fingerprint density at radius 2 is 0.676 bits per heavy atom. The summed E-state index contributed by atoms with van der Waals surface area (Å²) in [5.41, 5.74) is 0. The topological polar surface area (TPSA) is 114 Å². The zero-order chi connectivity index (χ0) is 26.9. The average molecular weight is 561 g/mol. The lowest BCUT2D eigenvalue weighted by molar-refractivity contribution is 0.460. The van der Waals surface area contributed by atoms with Crippen LogP contribution in [0.15, 0.2) is 84.9 Å². The zero-order valence-corrected chi connectivity index (χ0v) is 22.8. The van der Waals surface area contributed by atoms with E-state index in [1.807, 2.05) is 64.1 Å². The normalized spacial score (nSPS) is 8.76. The van der Waals surface area contributed by atoms with Gasteiger partial charge >= 0.3 is 0 Å². The number of hydrogen-bond donors (Lipinski definition) is 0. The molecule has 0 aliphatic carbocycles. The van der Waals surface area contributed by atoms with Gasteiger partial charge in [0.15, 0.2) is 0 Å². The summed E-state index contributed by atoms with van der Waals surface area (Å²) in [6, 6.07) is 28.7. The highest BCUT2D eigenvalue weighted by Crippen LogP contribution is 2.11. The van der Waals surface area contributed by atoms with Gasteiger partial charge in [-0.1, -0.05) is 149 Å². The van der Waals surface area contributed by atoms with Crippen molar-refractivity contribution in [1.82, 2.24) is 0 Å². The molecular weight excluding hydrogens is 508 g/mol. The monoisotopic (exact) mass is 560 g/mol. The van der Waals surface area contributed by atoms with Gasteiger partial charge in [-0.15, -0.1) is 0 Å². The summed E-state index contributed by atoms with van der Waals surface area (Å²) >= 11 is 0. The standard InChI is InChI=1S/C10H8.C6H6.2C3H8O3S.2C2H6.3CH4/c1-2-6-10-8-4-3-7-9(10)5-1;1-2-4-6-5-3-1;2*1-2-3-7(4,5)6;2*1-2;;;/h1-8H;1-6H;2*2-3H2,1H3,(H,4,5,6);2*1-2H3;3*1H4/p-2. The Morgan fingerprint density at radius 1 is 0.486 bits per heavy atom. The van der Waals surface area contributed by atoms with Crippen molar-refractivity contribution >= 4 is 31.0 Å². The Kier molecular flexibility index (Phi) is 41.1. The second-order valence-corrected chi connectivity index (χ2v) is 9.07. The summed E-state index contributed by atoms with van der Waals surface area (Å²) in [5, 5.41) is 2.62. The van der Waals surface area contributed by atoms with Crippen LogP contribution in [0.3, 0.4) is 0 Å². The minimum atomic E-state index is -3.92. The first kappa shape index (κ1) is 47.9. The lowest BCUT2D eigenvalue weighted by Gasteiger charge is -2.01. The van der Waals surface area contributed by atoms with Gasteiger partial charge in [0, 0.05) is 11.5 Å². The molecule has 0 atom stereocenters. The molecule has 0 aromatic heterocycles. The molecule has 0 unspecified atom stereocenters. The average Bonchev–Trinajstić information content (AvgIpc) is 2.83. The van der Waals surface area contributed by atoms with Crippen molar-refractivity contribution in [1.29, 1.82) is 0 Å². The second kappa shape index (κ2) is 31.8. The molecule has 0 saturated carbocycles. The van der Waals surface area contributed by atoms with E-state index in [-0.39, 0.29) is 33.8 Å². The third kappa shape index (κ3) is 38.4. The van der Waals surface area contributed by atoms with Crippen LogP contribution in [0.25, 0.3) is 10.8 Å². The van der Waals surface area contributed by atoms with E-state index in [0.717, 1.165) is 0 Å². The van der Waals surface area contributed by atoms with E-state index in [1.165, 1.54) is 10.8 Å². The molecule has 0 amide bonds. The lowest BCUT2D eigenvalue weighted by atomic mass is 10.1. The molecule has 6 nitrogen and oxygen atoms in total. The molecule has 8 heteroatoms. The highest BCUT2D eigenvalue weighted by atomic mass is 32.2. The summed E-state index contributed by atoms with van der Waals surface area (Å²) in [4.78, 5) is 0. The minimum Gasteiger partial charge on any atom is -0.748 e. The number of benzene rings is 3. The van der Waals surface area contributed by atoms with Gasteiger partial charge in [0.2, 0.25) is 0 Å². The lowest BCUT2D eigenvalue weighted by Crippen LogP contribution is -2.01. The molecular formula is C29H52O6S2-2. The van der Waals surface area contributed by atoms with E-state index < -0.39 is 20.2 Å². The maximum absolute atomic E-state index is 9.68. The van der Waals surface area contributed by atoms with Crippen LogP contribution in [0.4, 0.5) is 0 Å². The van der Waals surface area contributed by atoms with Gasteiger partial charge in [-0.3, -0.25) is 0 Å². The van der Waals surface area contributed by atoms with E-state index in [1.54, 1.807) is 13.8 Å². The van der Waals surface area contributed by atoms with Crippen LogP contribution < -0.4 is 0 Å². The van der Waals surface area contributed by atoms with E-state index >= 15 is 0 Å². The summed E-state index contributed by atoms with van der Waals surface area (Å²) < 4.78 is 58.1. The summed E-state index contributed by atoms with van der Waals surface area (Å²) in [6.45, 7) is 11.3. The molecule has 0 saturated heterocycles. The molecule has 0 heterocycles. The van der Waals surface area contributed by atoms with Crippen molar-refractivity contribution in [2.75, 3.05) is 11.5 Å². The first-order chi connectivity index (χ1) is 16.1. The van der Waals surface area contributed by atoms with Gasteiger partial charge in [0.05, 0.1) is 20.2 Å². The number of hydrogen-bond acceptors (Lipinski definition) is 6. The van der Waals surface area contributed by atoms with E-state index in [0.29, 0.717) is 12.8 Å². The smallest absolute Gasteiger partial charge is 0.0945 e. The van der Waals surface area contributed by atoms with Crippen LogP contribution in [-0.4, -0.2) is 37.4 Å². The van der Waals surface area contributed by atoms with Crippen LogP contribution in [0.2, 0.25) is 0 Å². The van der Waals surface area contributed by atoms with Crippen molar-refractivity contribution in [3.63, 3.8) is 0 Å². The predicted octanol–water partition coefficient (Wildman–Crippen LogP) is 8.37. The highest BCUT2D eigenvalue weighted by Gasteiger charge is 1.87. The van der Waals surface area contributed by atoms with Crippen molar-refractivity contribution in [2.24, 2.45) is 0 Å². The van der Waals surface area contributed by atoms with Crippen LogP contribution >= 0.6 is 0 Å². The van der Waals surface area contributed by atoms with Crippen molar-refractivity contribution < 1.29 is 25.9 Å². The summed E-state index contributed by atoms with van der Waals surface area (Å²) in [7, 11) is -7.85. The molecule has 0 N–H and O–H groups in total. The Hall–Kier alpha value is -2.26. The van der Waals surface area contributed by atoms with Gasteiger partial charge < -0.3 is 9.11 Å². The number of fused-ring (bicyclic) bond motifs is 1. The largest absolute Gasteiger partial charge is 0.748 e. The SMILES string of the molecule is C.C.C.CC.CC.CCCS(=O)(=O)[O-].CCCS(=O)(=O)[O-].c1ccc2ccccc2c1.c1ccccc1. The first-order valence-electron chi connectivity index (χ1n) is 11.4. The van der Waals surface area contributed by atoms with Crippen LogP contribution in [-0.2, 0) is 20.2 Å². The maximum Gasteiger partial charge on any atom is 0.0945 e. The van der Waals surface area contributed by atoms with E-state index in [4.69, 9.17) is 0 Å². The molecule has 3 aromatic rings. The Morgan fingerprint density at radius 3 is 0.784 bits per heavy atom. The molecule has 0 spiro atoms. The van der Waals surface area contributed by atoms with Crippen molar-refractivity contribution in [3.05, 3.63) is 84.9 Å². The third-order valence-corrected chi connectivity index (χ3v) is 5.05. The van der Waals surface area contributed by atoms with Crippen molar-refractivity contribution in [2.45, 2.75) is 76.7 Å². The quantitative estimate of drug-likeness (QED) is 0.296. The Bertz CT molecular complexity index is 894. The second-order valence-electron chi connectivity index (χ2n) is 6.03. The zero-order valence-electron chi connectivity index (χ0n) is 21.2. The fourth-order valence-electron chi connectivity index (χ4n) is 2.02. The predicted molar refractivity (Wildman–Crippen MR) is 163 cm³/mol. The molecule has 0 aliphatic rings. The molecule has 0 fully saturated rings. The first-order valence-corrected chi connectivity index (χ1v) is 14.6. The minimum absolute atomic E-state index is 0. The summed E-state index contributed by atoms with van der Waals surface area (Å²) in [5.74, 6) is -0.486. The summed E-state index contributed by atoms with van der Waals surface area (Å²) in [6.07, 6.45) is 0.817. The van der Waals surface area contributed by atoms with E-state index in [2.05, 4.69) is 48.5 Å². The van der Waals surface area contributed by atoms with Gasteiger partial charge in [-0.2, -0.15) is 0 Å². The third-order valence-electron chi connectivity index (χ3n) is 3.23. The Balaban J connectivity index is -0.0000000820. The van der Waals surface area contributed by atoms with Gasteiger partial charge in [0.25, 0.3) is 0 Å².